The first-order valence-electron chi connectivity index (χ1n) is 8.27. The molecule has 0 radical (unpaired) electrons. The minimum atomic E-state index is -0.0611. The molecular formula is C19H21ClN2O2S. The maximum Gasteiger partial charge on any atom is 0.246 e. The third-order valence-corrected chi connectivity index (χ3v) is 5.75. The number of benzene rings is 2. The molecule has 0 aromatic heterocycles. The number of carbonyl (C=O) groups is 1. The van der Waals surface area contributed by atoms with Crippen molar-refractivity contribution in [2.45, 2.75) is 30.1 Å². The summed E-state index contributed by atoms with van der Waals surface area (Å²) in [5.41, 5.74) is 2.39. The lowest BCUT2D eigenvalue weighted by Gasteiger charge is -2.23. The number of carbonyl (C=O) groups excluding carboxylic acids is 1. The van der Waals surface area contributed by atoms with Gasteiger partial charge in [0.25, 0.3) is 0 Å². The second kappa shape index (κ2) is 8.13. The summed E-state index contributed by atoms with van der Waals surface area (Å²) in [6.45, 7) is 2.99. The molecule has 4 nitrogen and oxygen atoms in total. The van der Waals surface area contributed by atoms with Crippen LogP contribution in [0.4, 0.5) is 11.4 Å². The quantitative estimate of drug-likeness (QED) is 0.841. The average molecular weight is 377 g/mol. The van der Waals surface area contributed by atoms with Crippen LogP contribution in [-0.2, 0) is 11.4 Å². The normalized spacial score (nSPS) is 16.9. The standard InChI is InChI=1S/C19H21ClN2O2S/c1-13-8-9-22(17-4-2-3-5-18(17)25-13)19(24)11-21-16-10-14(12-23)6-7-15(16)20/h2-7,10,13,21,23H,8-9,11-12H2,1H3. The summed E-state index contributed by atoms with van der Waals surface area (Å²) < 4.78 is 0. The van der Waals surface area contributed by atoms with E-state index in [2.05, 4.69) is 18.3 Å². The fourth-order valence-corrected chi connectivity index (χ4v) is 4.12. The second-order valence-electron chi connectivity index (χ2n) is 6.06. The van der Waals surface area contributed by atoms with Gasteiger partial charge in [0, 0.05) is 16.7 Å². The first-order chi connectivity index (χ1) is 12.1. The summed E-state index contributed by atoms with van der Waals surface area (Å²) in [7, 11) is 0. The summed E-state index contributed by atoms with van der Waals surface area (Å²) >= 11 is 7.99. The zero-order valence-electron chi connectivity index (χ0n) is 14.0. The molecule has 132 valence electrons. The lowest BCUT2D eigenvalue weighted by Crippen LogP contribution is -2.36. The van der Waals surface area contributed by atoms with E-state index in [1.165, 1.54) is 0 Å². The van der Waals surface area contributed by atoms with Crippen LogP contribution in [0.3, 0.4) is 0 Å². The van der Waals surface area contributed by atoms with Crippen molar-refractivity contribution in [2.75, 3.05) is 23.3 Å². The van der Waals surface area contributed by atoms with Crippen molar-refractivity contribution in [3.05, 3.63) is 53.1 Å². The first kappa shape index (κ1) is 18.1. The number of hydrogen-bond donors (Lipinski definition) is 2. The molecule has 3 rings (SSSR count). The zero-order valence-corrected chi connectivity index (χ0v) is 15.6. The molecule has 6 heteroatoms. The number of halogens is 1. The van der Waals surface area contributed by atoms with E-state index in [-0.39, 0.29) is 19.1 Å². The molecule has 2 aromatic carbocycles. The maximum absolute atomic E-state index is 12.8. The molecular weight excluding hydrogens is 356 g/mol. The Morgan fingerprint density at radius 1 is 1.36 bits per heavy atom. The number of rotatable bonds is 4. The average Bonchev–Trinajstić information content (AvgIpc) is 2.79. The molecule has 2 N–H and O–H groups in total. The van der Waals surface area contributed by atoms with Crippen LogP contribution >= 0.6 is 23.4 Å². The lowest BCUT2D eigenvalue weighted by molar-refractivity contribution is -0.117. The Kier molecular flexibility index (Phi) is 5.89. The molecule has 0 fully saturated rings. The molecule has 0 aliphatic carbocycles. The van der Waals surface area contributed by atoms with Crippen molar-refractivity contribution in [1.29, 1.82) is 0 Å². The van der Waals surface area contributed by atoms with Crippen molar-refractivity contribution in [2.24, 2.45) is 0 Å². The van der Waals surface area contributed by atoms with Gasteiger partial charge in [0.2, 0.25) is 5.91 Å². The van der Waals surface area contributed by atoms with Gasteiger partial charge >= 0.3 is 0 Å². The molecule has 0 saturated heterocycles. The number of para-hydroxylation sites is 1. The van der Waals surface area contributed by atoms with E-state index in [0.717, 1.165) is 22.6 Å². The number of nitrogens with one attached hydrogen (secondary N) is 1. The summed E-state index contributed by atoms with van der Waals surface area (Å²) in [6.07, 6.45) is 0.950. The predicted octanol–water partition coefficient (Wildman–Crippen LogP) is 4.16. The van der Waals surface area contributed by atoms with E-state index < -0.39 is 0 Å². The van der Waals surface area contributed by atoms with E-state index in [4.69, 9.17) is 11.6 Å². The molecule has 1 atom stereocenters. The topological polar surface area (TPSA) is 52.6 Å². The lowest BCUT2D eigenvalue weighted by atomic mass is 10.2. The van der Waals surface area contributed by atoms with Gasteiger partial charge in [0.1, 0.15) is 0 Å². The molecule has 0 spiro atoms. The number of amides is 1. The molecule has 1 amide bonds. The fourth-order valence-electron chi connectivity index (χ4n) is 2.82. The highest BCUT2D eigenvalue weighted by Gasteiger charge is 2.23. The van der Waals surface area contributed by atoms with Crippen LogP contribution in [0.1, 0.15) is 18.9 Å². The third kappa shape index (κ3) is 4.29. The van der Waals surface area contributed by atoms with E-state index in [0.29, 0.717) is 22.5 Å². The van der Waals surface area contributed by atoms with Gasteiger partial charge in [-0.2, -0.15) is 0 Å². The number of hydrogen-bond acceptors (Lipinski definition) is 4. The van der Waals surface area contributed by atoms with Gasteiger partial charge in [-0.25, -0.2) is 0 Å². The van der Waals surface area contributed by atoms with Crippen LogP contribution in [0, 0.1) is 0 Å². The molecule has 0 saturated carbocycles. The maximum atomic E-state index is 12.8. The first-order valence-corrected chi connectivity index (χ1v) is 9.53. The highest BCUT2D eigenvalue weighted by Crippen LogP contribution is 2.37. The largest absolute Gasteiger partial charge is 0.392 e. The monoisotopic (exact) mass is 376 g/mol. The highest BCUT2D eigenvalue weighted by molar-refractivity contribution is 8.00. The molecule has 0 bridgehead atoms. The van der Waals surface area contributed by atoms with E-state index in [1.807, 2.05) is 34.9 Å². The Morgan fingerprint density at radius 2 is 2.16 bits per heavy atom. The van der Waals surface area contributed by atoms with Gasteiger partial charge in [-0.1, -0.05) is 36.7 Å². The number of fused-ring (bicyclic) bond motifs is 1. The Bertz CT molecular complexity index is 769. The molecule has 25 heavy (non-hydrogen) atoms. The Morgan fingerprint density at radius 3 is 2.96 bits per heavy atom. The minimum absolute atomic E-state index is 0.00705. The van der Waals surface area contributed by atoms with Crippen molar-refractivity contribution in [3.63, 3.8) is 0 Å². The van der Waals surface area contributed by atoms with Crippen LogP contribution < -0.4 is 10.2 Å². The van der Waals surface area contributed by atoms with Crippen molar-refractivity contribution < 1.29 is 9.90 Å². The van der Waals surface area contributed by atoms with Gasteiger partial charge in [-0.15, -0.1) is 11.8 Å². The van der Waals surface area contributed by atoms with Gasteiger partial charge < -0.3 is 15.3 Å². The molecule has 1 unspecified atom stereocenters. The smallest absolute Gasteiger partial charge is 0.246 e. The van der Waals surface area contributed by atoms with Gasteiger partial charge in [-0.3, -0.25) is 4.79 Å². The summed E-state index contributed by atoms with van der Waals surface area (Å²) in [6, 6.07) is 13.3. The molecule has 1 aliphatic heterocycles. The number of aliphatic hydroxyl groups is 1. The Hall–Kier alpha value is -1.69. The van der Waals surface area contributed by atoms with E-state index >= 15 is 0 Å². The molecule has 1 aliphatic rings. The number of thioether (sulfide) groups is 1. The minimum Gasteiger partial charge on any atom is -0.392 e. The van der Waals surface area contributed by atoms with Crippen molar-refractivity contribution in [1.82, 2.24) is 0 Å². The van der Waals surface area contributed by atoms with Crippen LogP contribution in [0.25, 0.3) is 0 Å². The fraction of sp³-hybridized carbons (Fsp3) is 0.316. The molecule has 2 aromatic rings. The van der Waals surface area contributed by atoms with Crippen LogP contribution in [0.5, 0.6) is 0 Å². The van der Waals surface area contributed by atoms with E-state index in [9.17, 15) is 9.90 Å². The Balaban J connectivity index is 1.75. The van der Waals surface area contributed by atoms with Crippen molar-refractivity contribution in [3.8, 4) is 0 Å². The zero-order chi connectivity index (χ0) is 17.8. The van der Waals surface area contributed by atoms with Crippen LogP contribution in [0.15, 0.2) is 47.4 Å². The third-order valence-electron chi connectivity index (χ3n) is 4.19. The van der Waals surface area contributed by atoms with Gasteiger partial charge in [0.15, 0.2) is 0 Å². The number of nitrogens with zero attached hydrogens (tertiary/aromatic N) is 1. The number of aliphatic hydroxyl groups excluding tert-OH is 1. The van der Waals surface area contributed by atoms with Gasteiger partial charge in [0.05, 0.1) is 29.5 Å². The van der Waals surface area contributed by atoms with E-state index in [1.54, 1.807) is 18.2 Å². The second-order valence-corrected chi connectivity index (χ2v) is 7.94. The summed E-state index contributed by atoms with van der Waals surface area (Å²) in [4.78, 5) is 15.8. The molecule has 1 heterocycles. The SMILES string of the molecule is CC1CCN(C(=O)CNc2cc(CO)ccc2Cl)c2ccccc2S1. The Labute approximate surface area is 157 Å². The summed E-state index contributed by atoms with van der Waals surface area (Å²) in [5.74, 6) is 0.00705. The van der Waals surface area contributed by atoms with Crippen LogP contribution in [0.2, 0.25) is 5.02 Å². The predicted molar refractivity (Wildman–Crippen MR) is 105 cm³/mol. The van der Waals surface area contributed by atoms with Crippen LogP contribution in [-0.4, -0.2) is 29.4 Å². The van der Waals surface area contributed by atoms with Crippen molar-refractivity contribution >= 4 is 40.6 Å². The summed E-state index contributed by atoms with van der Waals surface area (Å²) in [5, 5.41) is 13.4. The number of anilines is 2. The van der Waals surface area contributed by atoms with Gasteiger partial charge in [-0.05, 0) is 36.2 Å². The highest BCUT2D eigenvalue weighted by atomic mass is 35.5.